The Morgan fingerprint density at radius 2 is 2.10 bits per heavy atom. The average Bonchev–Trinajstić information content (AvgIpc) is 2.83. The Kier molecular flexibility index (Phi) is 5.02. The molecule has 2 rings (SSSR count). The van der Waals surface area contributed by atoms with Gasteiger partial charge < -0.3 is 15.0 Å². The molecule has 0 saturated heterocycles. The summed E-state index contributed by atoms with van der Waals surface area (Å²) in [6, 6.07) is 6.34. The lowest BCUT2D eigenvalue weighted by molar-refractivity contribution is 0.392. The Labute approximate surface area is 126 Å². The van der Waals surface area contributed by atoms with Crippen LogP contribution in [0.15, 0.2) is 22.7 Å². The summed E-state index contributed by atoms with van der Waals surface area (Å²) in [5, 5.41) is 4.02. The second-order valence-corrected chi connectivity index (χ2v) is 5.36. The van der Waals surface area contributed by atoms with Gasteiger partial charge in [-0.05, 0) is 50.4 Å². The van der Waals surface area contributed by atoms with Crippen molar-refractivity contribution in [2.24, 2.45) is 5.73 Å². The van der Waals surface area contributed by atoms with Crippen LogP contribution in [0.1, 0.15) is 41.0 Å². The van der Waals surface area contributed by atoms with Gasteiger partial charge in [-0.15, -0.1) is 0 Å². The molecule has 21 heavy (non-hydrogen) atoms. The first-order valence-electron chi connectivity index (χ1n) is 7.39. The Morgan fingerprint density at radius 1 is 1.33 bits per heavy atom. The predicted molar refractivity (Wildman–Crippen MR) is 83.8 cm³/mol. The Morgan fingerprint density at radius 3 is 2.62 bits per heavy atom. The van der Waals surface area contributed by atoms with Gasteiger partial charge in [0.15, 0.2) is 0 Å². The molecule has 4 nitrogen and oxygen atoms in total. The second kappa shape index (κ2) is 6.76. The Hall–Kier alpha value is -1.81. The van der Waals surface area contributed by atoms with E-state index in [9.17, 15) is 0 Å². The lowest BCUT2D eigenvalue weighted by Gasteiger charge is -2.17. The van der Waals surface area contributed by atoms with Gasteiger partial charge in [0.1, 0.15) is 11.5 Å². The third-order valence-electron chi connectivity index (χ3n) is 4.07. The van der Waals surface area contributed by atoms with Crippen LogP contribution in [0.4, 0.5) is 0 Å². The van der Waals surface area contributed by atoms with E-state index in [1.165, 1.54) is 16.7 Å². The van der Waals surface area contributed by atoms with Crippen LogP contribution in [0.2, 0.25) is 0 Å². The van der Waals surface area contributed by atoms with E-state index in [1.807, 2.05) is 19.9 Å². The van der Waals surface area contributed by atoms with Gasteiger partial charge in [-0.25, -0.2) is 0 Å². The van der Waals surface area contributed by atoms with Gasteiger partial charge in [0.05, 0.1) is 12.8 Å². The van der Waals surface area contributed by atoms with Gasteiger partial charge in [0.2, 0.25) is 0 Å². The number of rotatable bonds is 6. The molecule has 1 aromatic carbocycles. The number of methoxy groups -OCH3 is 1. The standard InChI is InChI=1S/C17H24N2O2/c1-5-13-8-14(6-7-17(13)20-4)15(10-18)9-16-11(2)19-21-12(16)3/h6-8,15H,5,9-10,18H2,1-4H3. The van der Waals surface area contributed by atoms with Crippen LogP contribution in [0.25, 0.3) is 0 Å². The minimum Gasteiger partial charge on any atom is -0.496 e. The van der Waals surface area contributed by atoms with Crippen molar-refractivity contribution in [3.05, 3.63) is 46.3 Å². The molecular weight excluding hydrogens is 264 g/mol. The number of aryl methyl sites for hydroxylation is 3. The molecule has 114 valence electrons. The van der Waals surface area contributed by atoms with Crippen molar-refractivity contribution in [2.75, 3.05) is 13.7 Å². The topological polar surface area (TPSA) is 61.3 Å². The maximum atomic E-state index is 6.00. The van der Waals surface area contributed by atoms with Crippen molar-refractivity contribution in [2.45, 2.75) is 39.5 Å². The van der Waals surface area contributed by atoms with Gasteiger partial charge in [0, 0.05) is 11.5 Å². The summed E-state index contributed by atoms with van der Waals surface area (Å²) in [4.78, 5) is 0. The highest BCUT2D eigenvalue weighted by molar-refractivity contribution is 5.39. The summed E-state index contributed by atoms with van der Waals surface area (Å²) in [7, 11) is 1.71. The van der Waals surface area contributed by atoms with Crippen LogP contribution in [0, 0.1) is 13.8 Å². The molecular formula is C17H24N2O2. The highest BCUT2D eigenvalue weighted by Crippen LogP contribution is 2.28. The Balaban J connectivity index is 2.29. The SMILES string of the molecule is CCc1cc(C(CN)Cc2c(C)noc2C)ccc1OC. The molecule has 0 aliphatic rings. The molecule has 1 unspecified atom stereocenters. The number of nitrogens with zero attached hydrogens (tertiary/aromatic N) is 1. The zero-order valence-electron chi connectivity index (χ0n) is 13.3. The fraction of sp³-hybridized carbons (Fsp3) is 0.471. The monoisotopic (exact) mass is 288 g/mol. The number of hydrogen-bond donors (Lipinski definition) is 1. The molecule has 2 N–H and O–H groups in total. The molecule has 0 fully saturated rings. The molecule has 0 saturated carbocycles. The zero-order chi connectivity index (χ0) is 15.4. The summed E-state index contributed by atoms with van der Waals surface area (Å²) < 4.78 is 10.6. The van der Waals surface area contributed by atoms with Gasteiger partial charge in [0.25, 0.3) is 0 Å². The van der Waals surface area contributed by atoms with Crippen molar-refractivity contribution < 1.29 is 9.26 Å². The normalized spacial score (nSPS) is 12.4. The van der Waals surface area contributed by atoms with E-state index >= 15 is 0 Å². The molecule has 1 heterocycles. The van der Waals surface area contributed by atoms with Gasteiger partial charge >= 0.3 is 0 Å². The van der Waals surface area contributed by atoms with E-state index in [-0.39, 0.29) is 5.92 Å². The minimum absolute atomic E-state index is 0.262. The largest absolute Gasteiger partial charge is 0.496 e. The highest BCUT2D eigenvalue weighted by Gasteiger charge is 2.17. The fourth-order valence-corrected chi connectivity index (χ4v) is 2.71. The number of hydrogen-bond acceptors (Lipinski definition) is 4. The summed E-state index contributed by atoms with van der Waals surface area (Å²) in [5.74, 6) is 2.09. The van der Waals surface area contributed by atoms with Gasteiger partial charge in [-0.1, -0.05) is 24.2 Å². The van der Waals surface area contributed by atoms with E-state index in [0.29, 0.717) is 6.54 Å². The molecule has 1 atom stereocenters. The summed E-state index contributed by atoms with van der Waals surface area (Å²) in [6.45, 7) is 6.66. The third kappa shape index (κ3) is 3.27. The molecule has 4 heteroatoms. The molecule has 2 aromatic rings. The van der Waals surface area contributed by atoms with Crippen LogP contribution < -0.4 is 10.5 Å². The minimum atomic E-state index is 0.262. The number of aromatic nitrogens is 1. The first-order chi connectivity index (χ1) is 10.1. The van der Waals surface area contributed by atoms with Gasteiger partial charge in [-0.3, -0.25) is 0 Å². The average molecular weight is 288 g/mol. The number of benzene rings is 1. The van der Waals surface area contributed by atoms with E-state index < -0.39 is 0 Å². The molecule has 0 aliphatic carbocycles. The fourth-order valence-electron chi connectivity index (χ4n) is 2.71. The van der Waals surface area contributed by atoms with Crippen molar-refractivity contribution in [3.8, 4) is 5.75 Å². The Bertz CT molecular complexity index is 585. The number of ether oxygens (including phenoxy) is 1. The van der Waals surface area contributed by atoms with Crippen molar-refractivity contribution in [1.29, 1.82) is 0 Å². The molecule has 0 radical (unpaired) electrons. The van der Waals surface area contributed by atoms with Crippen LogP contribution >= 0.6 is 0 Å². The third-order valence-corrected chi connectivity index (χ3v) is 4.07. The smallest absolute Gasteiger partial charge is 0.137 e. The van der Waals surface area contributed by atoms with Crippen molar-refractivity contribution in [3.63, 3.8) is 0 Å². The van der Waals surface area contributed by atoms with Crippen LogP contribution in [0.3, 0.4) is 0 Å². The van der Waals surface area contributed by atoms with Crippen LogP contribution in [-0.2, 0) is 12.8 Å². The van der Waals surface area contributed by atoms with E-state index in [4.69, 9.17) is 15.0 Å². The lowest BCUT2D eigenvalue weighted by Crippen LogP contribution is -2.16. The first kappa shape index (κ1) is 15.6. The second-order valence-electron chi connectivity index (χ2n) is 5.36. The van der Waals surface area contributed by atoms with Gasteiger partial charge in [-0.2, -0.15) is 0 Å². The maximum absolute atomic E-state index is 6.00. The molecule has 1 aromatic heterocycles. The highest BCUT2D eigenvalue weighted by atomic mass is 16.5. The van der Waals surface area contributed by atoms with E-state index in [2.05, 4.69) is 24.2 Å². The molecule has 0 spiro atoms. The van der Waals surface area contributed by atoms with Crippen LogP contribution in [0.5, 0.6) is 5.75 Å². The predicted octanol–water partition coefficient (Wildman–Crippen LogP) is 3.15. The quantitative estimate of drug-likeness (QED) is 0.887. The van der Waals surface area contributed by atoms with Crippen molar-refractivity contribution in [1.82, 2.24) is 5.16 Å². The van der Waals surface area contributed by atoms with E-state index in [0.717, 1.165) is 30.0 Å². The molecule has 0 amide bonds. The summed E-state index contributed by atoms with van der Waals surface area (Å²) >= 11 is 0. The number of nitrogens with two attached hydrogens (primary N) is 1. The van der Waals surface area contributed by atoms with E-state index in [1.54, 1.807) is 7.11 Å². The summed E-state index contributed by atoms with van der Waals surface area (Å²) in [5.41, 5.74) is 10.6. The maximum Gasteiger partial charge on any atom is 0.137 e. The molecule has 0 aliphatic heterocycles. The summed E-state index contributed by atoms with van der Waals surface area (Å²) in [6.07, 6.45) is 1.80. The van der Waals surface area contributed by atoms with Crippen molar-refractivity contribution >= 4 is 0 Å². The molecule has 0 bridgehead atoms. The van der Waals surface area contributed by atoms with Crippen LogP contribution in [-0.4, -0.2) is 18.8 Å². The first-order valence-corrected chi connectivity index (χ1v) is 7.39. The zero-order valence-corrected chi connectivity index (χ0v) is 13.3. The lowest BCUT2D eigenvalue weighted by atomic mass is 9.90.